The molecule has 0 N–H and O–H groups in total. The van der Waals surface area contributed by atoms with Gasteiger partial charge in [0.2, 0.25) is 0 Å². The Morgan fingerprint density at radius 2 is 0.872 bits per heavy atom. The molecule has 0 spiro atoms. The Hall–Kier alpha value is -2.09. The Morgan fingerprint density at radius 3 is 1.17 bits per heavy atom. The van der Waals surface area contributed by atoms with Gasteiger partial charge in [-0.1, -0.05) is 136 Å². The second-order valence-electron chi connectivity index (χ2n) is 19.5. The van der Waals surface area contributed by atoms with E-state index >= 15 is 0 Å². The van der Waals surface area contributed by atoms with Crippen molar-refractivity contribution in [2.75, 3.05) is 0 Å². The number of hydrogen-bond acceptors (Lipinski definition) is 4. The number of fused-ring (bicyclic) bond motifs is 3. The third-order valence-corrected chi connectivity index (χ3v) is 12.8. The van der Waals surface area contributed by atoms with Gasteiger partial charge in [0.15, 0.2) is 0 Å². The van der Waals surface area contributed by atoms with Crippen LogP contribution in [0.3, 0.4) is 0 Å². The molecule has 4 nitrogen and oxygen atoms in total. The highest BCUT2D eigenvalue weighted by molar-refractivity contribution is 6.21. The fourth-order valence-corrected chi connectivity index (χ4v) is 7.30. The SMILES string of the molecule is CC(C)(C)c1cc2c(c(C(C)(C)C(C)(C)C)c1)[O][AlH][O]c1c(cc(C(C)(C)C)cc1C(C)(C)C(C)(C)C)C=NC1CCCCC1N=C2. The van der Waals surface area contributed by atoms with Crippen molar-refractivity contribution in [1.82, 2.24) is 0 Å². The molecule has 1 heterocycles. The minimum Gasteiger partial charge on any atom is -0.614 e. The van der Waals surface area contributed by atoms with E-state index in [1.807, 2.05) is 0 Å². The maximum absolute atomic E-state index is 7.01. The summed E-state index contributed by atoms with van der Waals surface area (Å²) >= 11 is -1.53. The van der Waals surface area contributed by atoms with Crippen molar-refractivity contribution in [2.24, 2.45) is 20.8 Å². The zero-order valence-corrected chi connectivity index (χ0v) is 34.3. The van der Waals surface area contributed by atoms with Gasteiger partial charge in [-0.05, 0) is 79.7 Å². The summed E-state index contributed by atoms with van der Waals surface area (Å²) in [5.74, 6) is 1.87. The van der Waals surface area contributed by atoms with Crippen LogP contribution in [0.1, 0.15) is 170 Å². The number of nitrogens with zero attached hydrogens (tertiary/aromatic N) is 2. The molecule has 1 fully saturated rings. The van der Waals surface area contributed by atoms with Crippen LogP contribution in [-0.4, -0.2) is 40.4 Å². The summed E-state index contributed by atoms with van der Waals surface area (Å²) in [6.07, 6.45) is 8.69. The summed E-state index contributed by atoms with van der Waals surface area (Å²) in [5.41, 5.74) is 6.85. The maximum Gasteiger partial charge on any atom is 0.832 e. The molecular weight excluding hydrogens is 591 g/mol. The molecule has 0 saturated heterocycles. The first-order chi connectivity index (χ1) is 21.4. The number of aliphatic imine (C=N–C) groups is 2. The van der Waals surface area contributed by atoms with Crippen LogP contribution in [0.2, 0.25) is 0 Å². The fraction of sp³-hybridized carbons (Fsp3) is 0.667. The summed E-state index contributed by atoms with van der Waals surface area (Å²) in [7, 11) is 0. The fourth-order valence-electron chi connectivity index (χ4n) is 6.36. The van der Waals surface area contributed by atoms with Gasteiger partial charge in [0, 0.05) is 23.6 Å². The lowest BCUT2D eigenvalue weighted by Gasteiger charge is -2.42. The molecule has 2 aromatic carbocycles. The number of benzene rings is 2. The van der Waals surface area contributed by atoms with Crippen LogP contribution in [0.5, 0.6) is 11.5 Å². The molecule has 2 atom stereocenters. The summed E-state index contributed by atoms with van der Waals surface area (Å²) in [4.78, 5) is 10.6. The highest BCUT2D eigenvalue weighted by atomic mass is 27.2. The van der Waals surface area contributed by atoms with Gasteiger partial charge in [0.1, 0.15) is 0 Å². The van der Waals surface area contributed by atoms with Crippen LogP contribution in [0.15, 0.2) is 34.3 Å². The van der Waals surface area contributed by atoms with Crippen LogP contribution >= 0.6 is 0 Å². The largest absolute Gasteiger partial charge is 0.832 e. The van der Waals surface area contributed by atoms with Gasteiger partial charge in [0.05, 0.1) is 23.6 Å². The molecule has 4 rings (SSSR count). The zero-order valence-electron chi connectivity index (χ0n) is 32.9. The monoisotopic (exact) mass is 656 g/mol. The van der Waals surface area contributed by atoms with E-state index in [4.69, 9.17) is 17.6 Å². The molecule has 0 amide bonds. The predicted molar refractivity (Wildman–Crippen MR) is 205 cm³/mol. The molecule has 2 unspecified atom stereocenters. The summed E-state index contributed by atoms with van der Waals surface area (Å²) in [6.45, 7) is 37.2. The smallest absolute Gasteiger partial charge is 0.614 e. The molecule has 47 heavy (non-hydrogen) atoms. The van der Waals surface area contributed by atoms with E-state index in [-0.39, 0.29) is 44.6 Å². The molecule has 0 aromatic heterocycles. The minimum absolute atomic E-state index is 0.00350. The predicted octanol–water partition coefficient (Wildman–Crippen LogP) is 10.8. The van der Waals surface area contributed by atoms with Crippen molar-refractivity contribution in [3.63, 3.8) is 0 Å². The second kappa shape index (κ2) is 13.0. The first-order valence-electron chi connectivity index (χ1n) is 18.1. The molecule has 1 saturated carbocycles. The Labute approximate surface area is 295 Å². The van der Waals surface area contributed by atoms with E-state index in [1.165, 1.54) is 35.1 Å². The van der Waals surface area contributed by atoms with Gasteiger partial charge in [0.25, 0.3) is 0 Å². The summed E-state index contributed by atoms with van der Waals surface area (Å²) < 4.78 is 14.0. The number of rotatable bonds is 2. The van der Waals surface area contributed by atoms with E-state index in [0.29, 0.717) is 0 Å². The van der Waals surface area contributed by atoms with Crippen molar-refractivity contribution >= 4 is 28.3 Å². The van der Waals surface area contributed by atoms with Gasteiger partial charge in [-0.25, -0.2) is 0 Å². The lowest BCUT2D eigenvalue weighted by Crippen LogP contribution is -2.36. The van der Waals surface area contributed by atoms with Gasteiger partial charge >= 0.3 is 15.9 Å². The lowest BCUT2D eigenvalue weighted by atomic mass is 9.64. The summed E-state index contributed by atoms with van der Waals surface area (Å²) in [6, 6.07) is 9.71. The van der Waals surface area contributed by atoms with Crippen molar-refractivity contribution in [3.8, 4) is 11.5 Å². The van der Waals surface area contributed by atoms with E-state index < -0.39 is 15.9 Å². The zero-order chi connectivity index (χ0) is 35.4. The molecule has 2 aromatic rings. The molecule has 0 radical (unpaired) electrons. The Bertz CT molecular complexity index is 1390. The molecule has 0 bridgehead atoms. The molecule has 2 aliphatic rings. The average molecular weight is 657 g/mol. The first kappa shape index (κ1) is 37.7. The molecular formula is C42H65AlN2O2. The van der Waals surface area contributed by atoms with Crippen LogP contribution in [0.25, 0.3) is 0 Å². The molecule has 1 aliphatic heterocycles. The quantitative estimate of drug-likeness (QED) is 0.302. The van der Waals surface area contributed by atoms with Crippen LogP contribution in [-0.2, 0) is 21.7 Å². The van der Waals surface area contributed by atoms with Gasteiger partial charge < -0.3 is 7.58 Å². The van der Waals surface area contributed by atoms with Gasteiger partial charge in [-0.15, -0.1) is 0 Å². The van der Waals surface area contributed by atoms with Crippen molar-refractivity contribution in [1.29, 1.82) is 0 Å². The molecule has 1 aliphatic carbocycles. The Balaban J connectivity index is 2.03. The third kappa shape index (κ3) is 7.88. The summed E-state index contributed by atoms with van der Waals surface area (Å²) in [5, 5.41) is 0. The average Bonchev–Trinajstić information content (AvgIpc) is 2.94. The Morgan fingerprint density at radius 1 is 0.532 bits per heavy atom. The Kier molecular flexibility index (Phi) is 10.4. The highest BCUT2D eigenvalue weighted by Crippen LogP contribution is 2.49. The van der Waals surface area contributed by atoms with Gasteiger partial charge in [-0.3, -0.25) is 9.98 Å². The third-order valence-electron chi connectivity index (χ3n) is 12.0. The van der Waals surface area contributed by atoms with Crippen LogP contribution in [0.4, 0.5) is 0 Å². The van der Waals surface area contributed by atoms with Crippen LogP contribution in [0, 0.1) is 10.8 Å². The van der Waals surface area contributed by atoms with E-state index in [9.17, 15) is 0 Å². The van der Waals surface area contributed by atoms with E-state index in [2.05, 4.69) is 147 Å². The van der Waals surface area contributed by atoms with Crippen molar-refractivity contribution in [2.45, 2.75) is 170 Å². The molecule has 258 valence electrons. The van der Waals surface area contributed by atoms with Crippen LogP contribution < -0.4 is 7.58 Å². The number of hydrogen-bond donors (Lipinski definition) is 0. The van der Waals surface area contributed by atoms with E-state index in [0.717, 1.165) is 35.5 Å². The first-order valence-corrected chi connectivity index (χ1v) is 19.2. The van der Waals surface area contributed by atoms with Gasteiger partial charge in [-0.2, -0.15) is 0 Å². The van der Waals surface area contributed by atoms with Crippen molar-refractivity contribution < 1.29 is 7.58 Å². The maximum atomic E-state index is 7.01. The topological polar surface area (TPSA) is 43.2 Å². The molecule has 5 heteroatoms. The highest BCUT2D eigenvalue weighted by Gasteiger charge is 2.40. The normalized spacial score (nSPS) is 19.9. The lowest BCUT2D eigenvalue weighted by molar-refractivity contribution is 0.219. The second-order valence-corrected chi connectivity index (χ2v) is 20.3. The van der Waals surface area contributed by atoms with E-state index in [1.54, 1.807) is 0 Å². The standard InChI is InChI=1S/C42H66N2O2.Al.H/c1-37(2,3)29-21-27(35(45)31(23-29)41(13,14)39(7,8)9)25-43-33-19-17-18-20-34(33)44-26-28-22-30(38(4,5)6)24-32(36(28)46)42(15,16)40(10,11)12;;/h21-26,33-34,45-46H,17-20H2,1-16H3;;/q;+2;/p-2. The minimum atomic E-state index is -1.53. The van der Waals surface area contributed by atoms with Crippen molar-refractivity contribution in [3.05, 3.63) is 57.6 Å².